The lowest BCUT2D eigenvalue weighted by Crippen LogP contribution is -2.39. The third kappa shape index (κ3) is 4.14. The molecule has 2 aromatic carbocycles. The van der Waals surface area contributed by atoms with Gasteiger partial charge >= 0.3 is 6.03 Å². The average molecular weight is 384 g/mol. The van der Waals surface area contributed by atoms with Gasteiger partial charge < -0.3 is 15.2 Å². The van der Waals surface area contributed by atoms with Crippen molar-refractivity contribution < 1.29 is 4.79 Å². The maximum absolute atomic E-state index is 12.9. The third-order valence-corrected chi connectivity index (χ3v) is 4.98. The fourth-order valence-electron chi connectivity index (χ4n) is 3.01. The fourth-order valence-corrected chi connectivity index (χ4v) is 3.18. The molecular formula is C21H22ClN3O2. The molecule has 2 amide bonds. The summed E-state index contributed by atoms with van der Waals surface area (Å²) in [6, 6.07) is 14.3. The Hall–Kier alpha value is -2.79. The van der Waals surface area contributed by atoms with Gasteiger partial charge in [0, 0.05) is 40.3 Å². The first-order chi connectivity index (χ1) is 12.9. The number of anilines is 1. The summed E-state index contributed by atoms with van der Waals surface area (Å²) < 4.78 is 0. The van der Waals surface area contributed by atoms with Gasteiger partial charge in [0.2, 0.25) is 5.56 Å². The van der Waals surface area contributed by atoms with Crippen molar-refractivity contribution >= 4 is 34.2 Å². The second kappa shape index (κ2) is 7.84. The van der Waals surface area contributed by atoms with Crippen LogP contribution in [-0.4, -0.2) is 22.0 Å². The number of para-hydroxylation sites is 1. The van der Waals surface area contributed by atoms with Crippen LogP contribution in [0, 0.1) is 6.92 Å². The molecule has 3 rings (SSSR count). The lowest BCUT2D eigenvalue weighted by molar-refractivity contribution is 0.194. The second-order valence-corrected chi connectivity index (χ2v) is 7.18. The number of H-pyrrole nitrogens is 1. The topological polar surface area (TPSA) is 65.2 Å². The van der Waals surface area contributed by atoms with Crippen LogP contribution in [0.3, 0.4) is 0 Å². The summed E-state index contributed by atoms with van der Waals surface area (Å²) >= 11 is 6.15. The first-order valence-corrected chi connectivity index (χ1v) is 9.18. The number of carbonyl (C=O) groups is 1. The Morgan fingerprint density at radius 3 is 2.67 bits per heavy atom. The van der Waals surface area contributed by atoms with Gasteiger partial charge in [0.25, 0.3) is 0 Å². The molecule has 1 heterocycles. The van der Waals surface area contributed by atoms with Gasteiger partial charge in [-0.2, -0.15) is 0 Å². The molecule has 0 saturated carbocycles. The number of nitrogens with zero attached hydrogens (tertiary/aromatic N) is 1. The molecular weight excluding hydrogens is 362 g/mol. The Kier molecular flexibility index (Phi) is 5.51. The number of amides is 2. The first-order valence-electron chi connectivity index (χ1n) is 8.80. The van der Waals surface area contributed by atoms with Crippen LogP contribution in [0.4, 0.5) is 10.5 Å². The van der Waals surface area contributed by atoms with E-state index in [0.717, 1.165) is 22.0 Å². The molecule has 0 spiro atoms. The van der Waals surface area contributed by atoms with Crippen LogP contribution >= 0.6 is 11.6 Å². The van der Waals surface area contributed by atoms with E-state index in [9.17, 15) is 9.59 Å². The van der Waals surface area contributed by atoms with Gasteiger partial charge in [0.05, 0.1) is 0 Å². The number of halogens is 1. The number of urea groups is 1. The molecule has 3 aromatic rings. The Morgan fingerprint density at radius 1 is 1.19 bits per heavy atom. The molecule has 0 aliphatic rings. The number of hydrogen-bond acceptors (Lipinski definition) is 2. The van der Waals surface area contributed by atoms with Crippen molar-refractivity contribution in [2.75, 3.05) is 5.32 Å². The Balaban J connectivity index is 1.92. The van der Waals surface area contributed by atoms with E-state index >= 15 is 0 Å². The highest BCUT2D eigenvalue weighted by Gasteiger charge is 2.20. The summed E-state index contributed by atoms with van der Waals surface area (Å²) in [6.07, 6.45) is 0. The van der Waals surface area contributed by atoms with Crippen molar-refractivity contribution in [3.63, 3.8) is 0 Å². The van der Waals surface area contributed by atoms with Crippen LogP contribution < -0.4 is 10.9 Å². The molecule has 0 unspecified atom stereocenters. The van der Waals surface area contributed by atoms with Gasteiger partial charge in [-0.15, -0.1) is 0 Å². The van der Waals surface area contributed by atoms with Crippen LogP contribution in [0.25, 0.3) is 10.9 Å². The third-order valence-electron chi connectivity index (χ3n) is 4.57. The number of benzene rings is 2. The van der Waals surface area contributed by atoms with Crippen LogP contribution in [0.2, 0.25) is 5.02 Å². The van der Waals surface area contributed by atoms with Crippen molar-refractivity contribution in [3.05, 3.63) is 75.0 Å². The lowest BCUT2D eigenvalue weighted by Gasteiger charge is -2.28. The fraction of sp³-hybridized carbons (Fsp3) is 0.238. The Bertz CT molecular complexity index is 1040. The van der Waals surface area contributed by atoms with Crippen molar-refractivity contribution in [3.8, 4) is 0 Å². The van der Waals surface area contributed by atoms with Crippen LogP contribution in [0.5, 0.6) is 0 Å². The van der Waals surface area contributed by atoms with Gasteiger partial charge in [0.1, 0.15) is 0 Å². The van der Waals surface area contributed by atoms with E-state index in [-0.39, 0.29) is 17.6 Å². The normalized spacial score (nSPS) is 11.0. The number of fused-ring (bicyclic) bond motifs is 1. The largest absolute Gasteiger partial charge is 0.322 e. The molecule has 1 aromatic heterocycles. The molecule has 0 bridgehead atoms. The van der Waals surface area contributed by atoms with Gasteiger partial charge in [-0.1, -0.05) is 35.9 Å². The Labute approximate surface area is 163 Å². The predicted octanol–water partition coefficient (Wildman–Crippen LogP) is 4.93. The average Bonchev–Trinajstić information content (AvgIpc) is 2.62. The summed E-state index contributed by atoms with van der Waals surface area (Å²) in [4.78, 5) is 29.5. The van der Waals surface area contributed by atoms with Crippen molar-refractivity contribution in [1.29, 1.82) is 0 Å². The van der Waals surface area contributed by atoms with Gasteiger partial charge in [-0.05, 0) is 50.1 Å². The van der Waals surface area contributed by atoms with E-state index in [1.165, 1.54) is 0 Å². The molecule has 0 fully saturated rings. The number of rotatable bonds is 4. The van der Waals surface area contributed by atoms with Gasteiger partial charge in [-0.25, -0.2) is 4.79 Å². The quantitative estimate of drug-likeness (QED) is 0.670. The van der Waals surface area contributed by atoms with Crippen LogP contribution in [0.15, 0.2) is 53.3 Å². The molecule has 0 aliphatic carbocycles. The smallest absolute Gasteiger partial charge is 0.322 e. The molecule has 0 aliphatic heterocycles. The zero-order chi connectivity index (χ0) is 19.6. The SMILES string of the molecule is Cc1c(Cl)cccc1NC(=O)N(Cc1cc(=O)[nH]c2ccccc12)C(C)C. The minimum Gasteiger partial charge on any atom is -0.322 e. The maximum Gasteiger partial charge on any atom is 0.322 e. The molecule has 140 valence electrons. The van der Waals surface area contributed by atoms with E-state index in [4.69, 9.17) is 11.6 Å². The van der Waals surface area contributed by atoms with Crippen molar-refractivity contribution in [2.24, 2.45) is 0 Å². The molecule has 5 nitrogen and oxygen atoms in total. The first kappa shape index (κ1) is 19.0. The van der Waals surface area contributed by atoms with E-state index in [1.54, 1.807) is 23.1 Å². The van der Waals surface area contributed by atoms with E-state index in [1.807, 2.05) is 51.1 Å². The van der Waals surface area contributed by atoms with Crippen LogP contribution in [0.1, 0.15) is 25.0 Å². The monoisotopic (exact) mass is 383 g/mol. The molecule has 0 atom stereocenters. The number of hydrogen-bond donors (Lipinski definition) is 2. The minimum absolute atomic E-state index is 0.0532. The van der Waals surface area contributed by atoms with E-state index < -0.39 is 0 Å². The molecule has 27 heavy (non-hydrogen) atoms. The van der Waals surface area contributed by atoms with Crippen molar-refractivity contribution in [1.82, 2.24) is 9.88 Å². The molecule has 0 radical (unpaired) electrons. The number of pyridine rings is 1. The highest BCUT2D eigenvalue weighted by atomic mass is 35.5. The van der Waals surface area contributed by atoms with Gasteiger partial charge in [-0.3, -0.25) is 4.79 Å². The number of aromatic amines is 1. The van der Waals surface area contributed by atoms with Crippen molar-refractivity contribution in [2.45, 2.75) is 33.4 Å². The zero-order valence-corrected chi connectivity index (χ0v) is 16.3. The molecule has 2 N–H and O–H groups in total. The Morgan fingerprint density at radius 2 is 1.93 bits per heavy atom. The van der Waals surface area contributed by atoms with Gasteiger partial charge in [0.15, 0.2) is 0 Å². The highest BCUT2D eigenvalue weighted by Crippen LogP contribution is 2.24. The van der Waals surface area contributed by atoms with E-state index in [2.05, 4.69) is 10.3 Å². The number of carbonyl (C=O) groups excluding carboxylic acids is 1. The summed E-state index contributed by atoms with van der Waals surface area (Å²) in [5.41, 5.74) is 2.88. The summed E-state index contributed by atoms with van der Waals surface area (Å²) in [7, 11) is 0. The molecule has 0 saturated heterocycles. The van der Waals surface area contributed by atoms with E-state index in [0.29, 0.717) is 17.3 Å². The highest BCUT2D eigenvalue weighted by molar-refractivity contribution is 6.31. The maximum atomic E-state index is 12.9. The number of aromatic nitrogens is 1. The standard InChI is InChI=1S/C21H22ClN3O2/c1-13(2)25(21(27)24-18-10-6-8-17(22)14(18)3)12-15-11-20(26)23-19-9-5-4-7-16(15)19/h4-11,13H,12H2,1-3H3,(H,23,26)(H,24,27). The molecule has 6 heteroatoms. The summed E-state index contributed by atoms with van der Waals surface area (Å²) in [5, 5.41) is 4.46. The minimum atomic E-state index is -0.236. The summed E-state index contributed by atoms with van der Waals surface area (Å²) in [6.45, 7) is 6.08. The lowest BCUT2D eigenvalue weighted by atomic mass is 10.1. The van der Waals surface area contributed by atoms with Crippen LogP contribution in [-0.2, 0) is 6.54 Å². The predicted molar refractivity (Wildman–Crippen MR) is 110 cm³/mol. The number of nitrogens with one attached hydrogen (secondary N) is 2. The second-order valence-electron chi connectivity index (χ2n) is 6.77. The zero-order valence-electron chi connectivity index (χ0n) is 15.5. The summed E-state index contributed by atoms with van der Waals surface area (Å²) in [5.74, 6) is 0.